The molecule has 0 radical (unpaired) electrons. The van der Waals surface area contributed by atoms with E-state index in [0.29, 0.717) is 12.4 Å². The summed E-state index contributed by atoms with van der Waals surface area (Å²) < 4.78 is 18.2. The molecule has 0 aliphatic heterocycles. The Kier molecular flexibility index (Phi) is 4.29. The van der Waals surface area contributed by atoms with Crippen molar-refractivity contribution < 1.29 is 13.9 Å². The molecule has 1 aromatic carbocycles. The molecule has 2 rings (SSSR count). The first-order chi connectivity index (χ1) is 9.10. The van der Waals surface area contributed by atoms with Gasteiger partial charge in [-0.05, 0) is 38.2 Å². The Bertz CT molecular complexity index is 524. The highest BCUT2D eigenvalue weighted by Gasteiger charge is 2.12. The zero-order chi connectivity index (χ0) is 13.8. The molecule has 1 N–H and O–H groups in total. The van der Waals surface area contributed by atoms with Crippen LogP contribution in [0.3, 0.4) is 0 Å². The fraction of sp³-hybridized carbons (Fsp3) is 0.357. The lowest BCUT2D eigenvalue weighted by molar-refractivity contribution is 0.153. The molecule has 102 valence electrons. The molecule has 1 aromatic heterocycles. The Balaban J connectivity index is 2.09. The molecule has 0 saturated heterocycles. The van der Waals surface area contributed by atoms with Gasteiger partial charge in [0, 0.05) is 18.2 Å². The van der Waals surface area contributed by atoms with Crippen LogP contribution < -0.4 is 0 Å². The number of benzene rings is 1. The van der Waals surface area contributed by atoms with Crippen molar-refractivity contribution in [2.75, 3.05) is 13.7 Å². The summed E-state index contributed by atoms with van der Waals surface area (Å²) in [5, 5.41) is 9.07. The Morgan fingerprint density at radius 1 is 1.37 bits per heavy atom. The first-order valence-electron chi connectivity index (χ1n) is 6.11. The molecule has 0 aliphatic carbocycles. The highest BCUT2D eigenvalue weighted by molar-refractivity contribution is 5.52. The third-order valence-corrected chi connectivity index (χ3v) is 3.07. The average molecular weight is 264 g/mol. The van der Waals surface area contributed by atoms with Crippen molar-refractivity contribution in [2.45, 2.75) is 19.5 Å². The molecule has 0 spiro atoms. The Morgan fingerprint density at radius 2 is 2.05 bits per heavy atom. The van der Waals surface area contributed by atoms with Gasteiger partial charge >= 0.3 is 0 Å². The summed E-state index contributed by atoms with van der Waals surface area (Å²) in [6.45, 7) is 2.62. The van der Waals surface area contributed by atoms with Crippen LogP contribution in [0.15, 0.2) is 34.9 Å². The van der Waals surface area contributed by atoms with E-state index in [1.807, 2.05) is 18.9 Å². The topological polar surface area (TPSA) is 49.5 Å². The quantitative estimate of drug-likeness (QED) is 0.900. The number of rotatable bonds is 5. The second-order valence-electron chi connectivity index (χ2n) is 4.60. The number of hydrogen-bond donors (Lipinski definition) is 1. The van der Waals surface area contributed by atoms with Gasteiger partial charge < -0.3 is 9.52 Å². The molecule has 0 amide bonds. The van der Waals surface area contributed by atoms with Gasteiger partial charge in [0.25, 0.3) is 0 Å². The lowest BCUT2D eigenvalue weighted by Gasteiger charge is -2.21. The Hall–Kier alpha value is -1.72. The van der Waals surface area contributed by atoms with Gasteiger partial charge in [-0.3, -0.25) is 4.90 Å². The maximum atomic E-state index is 12.8. The van der Waals surface area contributed by atoms with Gasteiger partial charge in [-0.1, -0.05) is 0 Å². The molecule has 19 heavy (non-hydrogen) atoms. The fourth-order valence-corrected chi connectivity index (χ4v) is 1.66. The van der Waals surface area contributed by atoms with Crippen LogP contribution in [-0.4, -0.2) is 34.7 Å². The van der Waals surface area contributed by atoms with Crippen LogP contribution in [-0.2, 0) is 6.54 Å². The lowest BCUT2D eigenvalue weighted by atomic mass is 10.2. The lowest BCUT2D eigenvalue weighted by Crippen LogP contribution is -2.31. The van der Waals surface area contributed by atoms with E-state index in [-0.39, 0.29) is 18.5 Å². The molecular weight excluding hydrogens is 247 g/mol. The van der Waals surface area contributed by atoms with E-state index < -0.39 is 0 Å². The largest absolute Gasteiger partial charge is 0.444 e. The molecule has 2 aromatic rings. The van der Waals surface area contributed by atoms with Crippen LogP contribution in [0.5, 0.6) is 0 Å². The predicted octanol–water partition coefficient (Wildman–Crippen LogP) is 2.29. The van der Waals surface area contributed by atoms with E-state index >= 15 is 0 Å². The van der Waals surface area contributed by atoms with Gasteiger partial charge in [-0.2, -0.15) is 0 Å². The summed E-state index contributed by atoms with van der Waals surface area (Å²) in [4.78, 5) is 6.33. The van der Waals surface area contributed by atoms with E-state index in [1.54, 1.807) is 18.4 Å². The zero-order valence-corrected chi connectivity index (χ0v) is 11.0. The van der Waals surface area contributed by atoms with Gasteiger partial charge in [0.15, 0.2) is 0 Å². The molecule has 0 bridgehead atoms. The number of hydrogen-bond acceptors (Lipinski definition) is 4. The van der Waals surface area contributed by atoms with Crippen LogP contribution in [0.1, 0.15) is 12.6 Å². The smallest absolute Gasteiger partial charge is 0.226 e. The van der Waals surface area contributed by atoms with Crippen LogP contribution in [0.2, 0.25) is 0 Å². The number of aliphatic hydroxyl groups excluding tert-OH is 1. The number of likely N-dealkylation sites (N-methyl/N-ethyl adjacent to an activating group) is 1. The molecule has 0 aliphatic rings. The van der Waals surface area contributed by atoms with Crippen molar-refractivity contribution >= 4 is 0 Å². The van der Waals surface area contributed by atoms with Gasteiger partial charge in [0.05, 0.1) is 12.3 Å². The second kappa shape index (κ2) is 5.95. The van der Waals surface area contributed by atoms with Gasteiger partial charge in [-0.25, -0.2) is 9.37 Å². The number of aliphatic hydroxyl groups is 1. The standard InChI is InChI=1S/C14H17FN2O2/c1-10(8-18)17(2)7-13-9-19-14(16-13)11-3-5-12(15)6-4-11/h3-6,9-10,18H,7-8H2,1-2H3. The predicted molar refractivity (Wildman–Crippen MR) is 69.9 cm³/mol. The minimum atomic E-state index is -0.285. The molecule has 1 unspecified atom stereocenters. The van der Waals surface area contributed by atoms with Crippen LogP contribution in [0, 0.1) is 5.82 Å². The van der Waals surface area contributed by atoms with E-state index in [2.05, 4.69) is 4.98 Å². The molecule has 0 fully saturated rings. The maximum Gasteiger partial charge on any atom is 0.226 e. The Labute approximate surface area is 111 Å². The first-order valence-corrected chi connectivity index (χ1v) is 6.11. The molecule has 0 saturated carbocycles. The molecule has 4 nitrogen and oxygen atoms in total. The number of halogens is 1. The van der Waals surface area contributed by atoms with Gasteiger partial charge in [0.2, 0.25) is 5.89 Å². The molecule has 5 heteroatoms. The van der Waals surface area contributed by atoms with Crippen molar-refractivity contribution in [1.29, 1.82) is 0 Å². The number of oxazole rings is 1. The van der Waals surface area contributed by atoms with Crippen molar-refractivity contribution in [2.24, 2.45) is 0 Å². The zero-order valence-electron chi connectivity index (χ0n) is 11.0. The van der Waals surface area contributed by atoms with Crippen LogP contribution >= 0.6 is 0 Å². The monoisotopic (exact) mass is 264 g/mol. The summed E-state index contributed by atoms with van der Waals surface area (Å²) in [5.74, 6) is 0.187. The molecule has 1 atom stereocenters. The average Bonchev–Trinajstić information content (AvgIpc) is 2.87. The normalized spacial score (nSPS) is 12.9. The third kappa shape index (κ3) is 3.39. The highest BCUT2D eigenvalue weighted by atomic mass is 19.1. The minimum absolute atomic E-state index is 0.0611. The van der Waals surface area contributed by atoms with Crippen LogP contribution in [0.25, 0.3) is 11.5 Å². The van der Waals surface area contributed by atoms with Crippen molar-refractivity contribution in [3.05, 3.63) is 42.0 Å². The number of aromatic nitrogens is 1. The second-order valence-corrected chi connectivity index (χ2v) is 4.60. The van der Waals surface area contributed by atoms with Crippen molar-refractivity contribution in [3.8, 4) is 11.5 Å². The highest BCUT2D eigenvalue weighted by Crippen LogP contribution is 2.19. The summed E-state index contributed by atoms with van der Waals surface area (Å²) in [7, 11) is 1.91. The fourth-order valence-electron chi connectivity index (χ4n) is 1.66. The Morgan fingerprint density at radius 3 is 2.68 bits per heavy atom. The summed E-state index contributed by atoms with van der Waals surface area (Å²) in [5.41, 5.74) is 1.52. The van der Waals surface area contributed by atoms with Crippen LogP contribution in [0.4, 0.5) is 4.39 Å². The van der Waals surface area contributed by atoms with E-state index in [1.165, 1.54) is 12.1 Å². The first kappa shape index (κ1) is 13.7. The molecule has 1 heterocycles. The maximum absolute atomic E-state index is 12.8. The van der Waals surface area contributed by atoms with Gasteiger partial charge in [0.1, 0.15) is 12.1 Å². The summed E-state index contributed by atoms with van der Waals surface area (Å²) in [6.07, 6.45) is 1.58. The summed E-state index contributed by atoms with van der Waals surface area (Å²) in [6, 6.07) is 6.07. The summed E-state index contributed by atoms with van der Waals surface area (Å²) >= 11 is 0. The van der Waals surface area contributed by atoms with Crippen molar-refractivity contribution in [3.63, 3.8) is 0 Å². The van der Waals surface area contributed by atoms with E-state index in [4.69, 9.17) is 9.52 Å². The minimum Gasteiger partial charge on any atom is -0.444 e. The molecular formula is C14H17FN2O2. The third-order valence-electron chi connectivity index (χ3n) is 3.07. The van der Waals surface area contributed by atoms with Gasteiger partial charge in [-0.15, -0.1) is 0 Å². The SMILES string of the molecule is CC(CO)N(C)Cc1coc(-c2ccc(F)cc2)n1. The van der Waals surface area contributed by atoms with Crippen molar-refractivity contribution in [1.82, 2.24) is 9.88 Å². The number of nitrogens with zero attached hydrogens (tertiary/aromatic N) is 2. The van der Waals surface area contributed by atoms with E-state index in [9.17, 15) is 4.39 Å². The van der Waals surface area contributed by atoms with E-state index in [0.717, 1.165) is 11.3 Å².